The molecular formula is C30H48BN3O5Si. The van der Waals surface area contributed by atoms with Crippen LogP contribution in [0.4, 0.5) is 4.79 Å². The van der Waals surface area contributed by atoms with E-state index in [0.717, 1.165) is 41.4 Å². The second-order valence-corrected chi connectivity index (χ2v) is 19.9. The van der Waals surface area contributed by atoms with Crippen LogP contribution in [0.2, 0.25) is 25.7 Å². The molecule has 0 radical (unpaired) electrons. The van der Waals surface area contributed by atoms with Gasteiger partial charge in [0.05, 0.1) is 29.1 Å². The van der Waals surface area contributed by atoms with E-state index in [0.29, 0.717) is 19.9 Å². The van der Waals surface area contributed by atoms with Crippen LogP contribution >= 0.6 is 0 Å². The molecule has 220 valence electrons. The zero-order valence-corrected chi connectivity index (χ0v) is 27.2. The Bertz CT molecular complexity index is 1170. The van der Waals surface area contributed by atoms with E-state index in [1.54, 1.807) is 0 Å². The topological polar surface area (TPSA) is 75.0 Å². The maximum absolute atomic E-state index is 13.1. The van der Waals surface area contributed by atoms with Crippen molar-refractivity contribution >= 4 is 26.7 Å². The SMILES string of the molecule is CC(C)(C)OC(=O)N1CCCC1c1ncc(-c2ccc(B3OC(C)(C)C(C)(C)O3)cc2)n1COCC[Si](C)(C)C. The normalized spacial score (nSPS) is 20.8. The van der Waals surface area contributed by atoms with Gasteiger partial charge < -0.3 is 23.3 Å². The molecule has 8 nitrogen and oxygen atoms in total. The summed E-state index contributed by atoms with van der Waals surface area (Å²) in [7, 11) is -1.64. The van der Waals surface area contributed by atoms with E-state index in [-0.39, 0.29) is 12.1 Å². The van der Waals surface area contributed by atoms with Gasteiger partial charge in [0.1, 0.15) is 18.2 Å². The third kappa shape index (κ3) is 7.01. The molecular weight excluding hydrogens is 521 g/mol. The number of imidazole rings is 1. The van der Waals surface area contributed by atoms with Gasteiger partial charge in [0, 0.05) is 21.2 Å². The van der Waals surface area contributed by atoms with Crippen LogP contribution in [0.15, 0.2) is 30.5 Å². The Labute approximate surface area is 241 Å². The van der Waals surface area contributed by atoms with Crippen LogP contribution < -0.4 is 5.46 Å². The first-order chi connectivity index (χ1) is 18.5. The Morgan fingerprint density at radius 1 is 1.10 bits per heavy atom. The van der Waals surface area contributed by atoms with Gasteiger partial charge in [-0.05, 0) is 78.4 Å². The first-order valence-electron chi connectivity index (χ1n) is 14.6. The summed E-state index contributed by atoms with van der Waals surface area (Å²) in [6.45, 7) is 22.7. The monoisotopic (exact) mass is 569 g/mol. The van der Waals surface area contributed by atoms with Crippen molar-refractivity contribution in [3.05, 3.63) is 36.3 Å². The van der Waals surface area contributed by atoms with Crippen LogP contribution in [-0.4, -0.2) is 65.7 Å². The van der Waals surface area contributed by atoms with Gasteiger partial charge in [0.2, 0.25) is 0 Å². The molecule has 1 atom stereocenters. The largest absolute Gasteiger partial charge is 0.494 e. The lowest BCUT2D eigenvalue weighted by Gasteiger charge is -2.32. The van der Waals surface area contributed by atoms with Gasteiger partial charge in [-0.15, -0.1) is 0 Å². The van der Waals surface area contributed by atoms with Crippen molar-refractivity contribution < 1.29 is 23.6 Å². The highest BCUT2D eigenvalue weighted by atomic mass is 28.3. The van der Waals surface area contributed by atoms with E-state index < -0.39 is 32.0 Å². The molecule has 1 unspecified atom stereocenters. The molecule has 0 bridgehead atoms. The van der Waals surface area contributed by atoms with Crippen molar-refractivity contribution in [1.29, 1.82) is 0 Å². The fourth-order valence-corrected chi connectivity index (χ4v) is 5.68. The molecule has 1 aromatic heterocycles. The Balaban J connectivity index is 1.61. The number of benzene rings is 1. The van der Waals surface area contributed by atoms with E-state index in [4.69, 9.17) is 23.8 Å². The summed E-state index contributed by atoms with van der Waals surface area (Å²) in [4.78, 5) is 19.8. The molecule has 3 heterocycles. The molecule has 0 aliphatic carbocycles. The van der Waals surface area contributed by atoms with Gasteiger partial charge in [-0.25, -0.2) is 9.78 Å². The summed E-state index contributed by atoms with van der Waals surface area (Å²) >= 11 is 0. The van der Waals surface area contributed by atoms with Crippen molar-refractivity contribution in [2.24, 2.45) is 0 Å². The lowest BCUT2D eigenvalue weighted by atomic mass is 9.79. The van der Waals surface area contributed by atoms with Crippen LogP contribution in [0.25, 0.3) is 11.3 Å². The Morgan fingerprint density at radius 3 is 2.30 bits per heavy atom. The third-order valence-electron chi connectivity index (χ3n) is 8.01. The summed E-state index contributed by atoms with van der Waals surface area (Å²) in [5.74, 6) is 0.835. The van der Waals surface area contributed by atoms with E-state index in [1.165, 1.54) is 0 Å². The van der Waals surface area contributed by atoms with Crippen LogP contribution in [0.5, 0.6) is 0 Å². The highest BCUT2D eigenvalue weighted by Crippen LogP contribution is 2.37. The van der Waals surface area contributed by atoms with Gasteiger partial charge in [-0.3, -0.25) is 4.90 Å². The number of amides is 1. The molecule has 2 fully saturated rings. The number of carbonyl (C=O) groups is 1. The van der Waals surface area contributed by atoms with Crippen LogP contribution in [0.1, 0.15) is 73.2 Å². The van der Waals surface area contributed by atoms with Crippen molar-refractivity contribution in [2.75, 3.05) is 13.2 Å². The quantitative estimate of drug-likeness (QED) is 0.277. The summed E-state index contributed by atoms with van der Waals surface area (Å²) in [5, 5.41) is 0. The van der Waals surface area contributed by atoms with Gasteiger partial charge in [0.15, 0.2) is 0 Å². The average molecular weight is 570 g/mol. The number of aromatic nitrogens is 2. The molecule has 2 aromatic rings. The van der Waals surface area contributed by atoms with Crippen molar-refractivity contribution in [3.63, 3.8) is 0 Å². The first-order valence-corrected chi connectivity index (χ1v) is 18.3. The van der Waals surface area contributed by atoms with Gasteiger partial charge in [0.25, 0.3) is 0 Å². The standard InChI is InChI=1S/C30H48BN3O5Si/c1-28(2,3)37-27(35)33-17-11-12-24(33)26-32-20-25(34(26)21-36-18-19-40(8,9)10)22-13-15-23(16-14-22)31-38-29(4,5)30(6,7)39-31/h13-16,20,24H,11-12,17-19,21H2,1-10H3. The highest BCUT2D eigenvalue weighted by molar-refractivity contribution is 6.76. The molecule has 40 heavy (non-hydrogen) atoms. The fraction of sp³-hybridized carbons (Fsp3) is 0.667. The van der Waals surface area contributed by atoms with Gasteiger partial charge in [-0.2, -0.15) is 0 Å². The number of nitrogens with zero attached hydrogens (tertiary/aromatic N) is 3. The Morgan fingerprint density at radius 2 is 1.73 bits per heavy atom. The van der Waals surface area contributed by atoms with Crippen LogP contribution in [-0.2, 0) is 25.5 Å². The highest BCUT2D eigenvalue weighted by Gasteiger charge is 2.51. The Hall–Kier alpha value is -2.14. The summed E-state index contributed by atoms with van der Waals surface area (Å²) in [6, 6.07) is 9.21. The second-order valence-electron chi connectivity index (χ2n) is 14.3. The molecule has 1 amide bonds. The number of rotatable bonds is 8. The predicted molar refractivity (Wildman–Crippen MR) is 162 cm³/mol. The molecule has 0 saturated carbocycles. The number of hydrogen-bond donors (Lipinski definition) is 0. The minimum Gasteiger partial charge on any atom is -0.444 e. The maximum Gasteiger partial charge on any atom is 0.494 e. The molecule has 2 saturated heterocycles. The maximum atomic E-state index is 13.1. The summed E-state index contributed by atoms with van der Waals surface area (Å²) in [6.07, 6.45) is 3.35. The fourth-order valence-electron chi connectivity index (χ4n) is 4.92. The van der Waals surface area contributed by atoms with E-state index in [1.807, 2.05) is 31.9 Å². The second kappa shape index (κ2) is 11.3. The van der Waals surface area contributed by atoms with Crippen molar-refractivity contribution in [3.8, 4) is 11.3 Å². The third-order valence-corrected chi connectivity index (χ3v) is 9.72. The average Bonchev–Trinajstić information content (AvgIpc) is 3.51. The molecule has 0 N–H and O–H groups in total. The zero-order chi connectivity index (χ0) is 29.5. The molecule has 4 rings (SSSR count). The Kier molecular flexibility index (Phi) is 8.68. The summed E-state index contributed by atoms with van der Waals surface area (Å²) in [5.41, 5.74) is 1.63. The van der Waals surface area contributed by atoms with E-state index in [2.05, 4.69) is 76.2 Å². The van der Waals surface area contributed by atoms with Crippen LogP contribution in [0.3, 0.4) is 0 Å². The van der Waals surface area contributed by atoms with Crippen LogP contribution in [0, 0.1) is 0 Å². The molecule has 1 aromatic carbocycles. The predicted octanol–water partition coefficient (Wildman–Crippen LogP) is 6.23. The number of hydrogen-bond acceptors (Lipinski definition) is 6. The molecule has 2 aliphatic rings. The van der Waals surface area contributed by atoms with E-state index in [9.17, 15) is 4.79 Å². The van der Waals surface area contributed by atoms with Crippen molar-refractivity contribution in [1.82, 2.24) is 14.5 Å². The zero-order valence-electron chi connectivity index (χ0n) is 26.2. The van der Waals surface area contributed by atoms with Gasteiger partial charge in [-0.1, -0.05) is 43.9 Å². The van der Waals surface area contributed by atoms with E-state index >= 15 is 0 Å². The summed E-state index contributed by atoms with van der Waals surface area (Å²) < 4.78 is 26.6. The smallest absolute Gasteiger partial charge is 0.444 e. The first kappa shape index (κ1) is 30.8. The lowest BCUT2D eigenvalue weighted by molar-refractivity contribution is 0.00578. The molecule has 0 spiro atoms. The lowest BCUT2D eigenvalue weighted by Crippen LogP contribution is -2.41. The molecule has 2 aliphatic heterocycles. The van der Waals surface area contributed by atoms with Gasteiger partial charge >= 0.3 is 13.2 Å². The number of carbonyl (C=O) groups excluding carboxylic acids is 1. The number of likely N-dealkylation sites (tertiary alicyclic amines) is 1. The number of ether oxygens (including phenoxy) is 2. The minimum atomic E-state index is -1.23. The molecule has 10 heteroatoms. The van der Waals surface area contributed by atoms with Crippen molar-refractivity contribution in [2.45, 2.75) is 117 Å². The minimum absolute atomic E-state index is 0.159.